The zero-order chi connectivity index (χ0) is 12.5. The van der Waals surface area contributed by atoms with Gasteiger partial charge in [-0.2, -0.15) is 0 Å². The summed E-state index contributed by atoms with van der Waals surface area (Å²) in [6.07, 6.45) is 2.25. The maximum Gasteiger partial charge on any atom is 0.255 e. The molecule has 18 heavy (non-hydrogen) atoms. The average molecular weight is 245 g/mol. The van der Waals surface area contributed by atoms with Crippen LogP contribution in [0.2, 0.25) is 0 Å². The highest BCUT2D eigenvalue weighted by molar-refractivity contribution is 6.02. The van der Waals surface area contributed by atoms with E-state index in [1.807, 2.05) is 6.07 Å². The van der Waals surface area contributed by atoms with Crippen LogP contribution < -0.4 is 15.5 Å². The number of carbonyl (C=O) groups excluding carboxylic acids is 1. The fraction of sp³-hybridized carbons (Fsp3) is 0.500. The molecule has 3 rings (SSSR count). The van der Waals surface area contributed by atoms with E-state index in [4.69, 9.17) is 0 Å². The van der Waals surface area contributed by atoms with Gasteiger partial charge in [-0.3, -0.25) is 4.79 Å². The van der Waals surface area contributed by atoms with Gasteiger partial charge in [0.25, 0.3) is 5.91 Å². The fourth-order valence-electron chi connectivity index (χ4n) is 2.81. The highest BCUT2D eigenvalue weighted by Crippen LogP contribution is 2.28. The summed E-state index contributed by atoms with van der Waals surface area (Å²) in [5.41, 5.74) is 3.17. The van der Waals surface area contributed by atoms with Gasteiger partial charge in [0.15, 0.2) is 0 Å². The van der Waals surface area contributed by atoms with Gasteiger partial charge in [-0.25, -0.2) is 0 Å². The van der Waals surface area contributed by atoms with Gasteiger partial charge in [0.05, 0.1) is 11.3 Å². The van der Waals surface area contributed by atoms with Crippen LogP contribution in [0.25, 0.3) is 0 Å². The molecule has 4 nitrogen and oxygen atoms in total. The van der Waals surface area contributed by atoms with Crippen LogP contribution in [0.5, 0.6) is 0 Å². The third kappa shape index (κ3) is 1.86. The Bertz CT molecular complexity index is 472. The van der Waals surface area contributed by atoms with Crippen molar-refractivity contribution in [1.82, 2.24) is 10.6 Å². The molecule has 1 aromatic rings. The topological polar surface area (TPSA) is 44.4 Å². The first-order valence-corrected chi connectivity index (χ1v) is 6.70. The summed E-state index contributed by atoms with van der Waals surface area (Å²) in [4.78, 5) is 14.4. The van der Waals surface area contributed by atoms with Crippen molar-refractivity contribution in [2.24, 2.45) is 0 Å². The molecule has 0 aliphatic carbocycles. The van der Waals surface area contributed by atoms with Gasteiger partial charge in [0.1, 0.15) is 6.17 Å². The Balaban J connectivity index is 1.98. The highest BCUT2D eigenvalue weighted by atomic mass is 16.2. The number of hydrogen-bond donors (Lipinski definition) is 2. The summed E-state index contributed by atoms with van der Waals surface area (Å²) >= 11 is 0. The van der Waals surface area contributed by atoms with Crippen LogP contribution in [0.3, 0.4) is 0 Å². The highest BCUT2D eigenvalue weighted by Gasteiger charge is 2.32. The van der Waals surface area contributed by atoms with Crippen molar-refractivity contribution in [2.75, 3.05) is 24.5 Å². The first-order chi connectivity index (χ1) is 8.79. The molecule has 0 spiro atoms. The first kappa shape index (κ1) is 11.5. The quantitative estimate of drug-likeness (QED) is 0.820. The molecule has 2 heterocycles. The molecule has 0 radical (unpaired) electrons. The van der Waals surface area contributed by atoms with Crippen molar-refractivity contribution in [3.8, 4) is 0 Å². The molecular formula is C14H19N3O. The molecule has 0 unspecified atom stereocenters. The number of piperazine rings is 1. The van der Waals surface area contributed by atoms with E-state index >= 15 is 0 Å². The number of nitrogens with one attached hydrogen (secondary N) is 2. The lowest BCUT2D eigenvalue weighted by atomic mass is 10.0. The zero-order valence-electron chi connectivity index (χ0n) is 10.7. The van der Waals surface area contributed by atoms with Crippen LogP contribution in [0.4, 0.5) is 5.69 Å². The Hall–Kier alpha value is -1.55. The number of rotatable bonds is 2. The number of amides is 1. The molecule has 0 aromatic heterocycles. The molecule has 2 aliphatic rings. The number of carbonyl (C=O) groups is 1. The molecule has 1 amide bonds. The monoisotopic (exact) mass is 245 g/mol. The fourth-order valence-corrected chi connectivity index (χ4v) is 2.81. The number of benzene rings is 1. The van der Waals surface area contributed by atoms with Crippen molar-refractivity contribution in [2.45, 2.75) is 25.9 Å². The molecule has 1 aromatic carbocycles. The minimum absolute atomic E-state index is 0.0629. The number of nitrogens with zero attached hydrogens (tertiary/aromatic N) is 1. The van der Waals surface area contributed by atoms with Crippen LogP contribution in [-0.2, 0) is 6.42 Å². The van der Waals surface area contributed by atoms with Gasteiger partial charge in [0, 0.05) is 19.6 Å². The number of aryl methyl sites for hydroxylation is 1. The predicted molar refractivity (Wildman–Crippen MR) is 71.9 cm³/mol. The van der Waals surface area contributed by atoms with Crippen molar-refractivity contribution < 1.29 is 4.79 Å². The number of hydrogen-bond acceptors (Lipinski definition) is 3. The van der Waals surface area contributed by atoms with Gasteiger partial charge in [0.2, 0.25) is 0 Å². The van der Waals surface area contributed by atoms with Crippen molar-refractivity contribution >= 4 is 11.6 Å². The molecule has 1 fully saturated rings. The van der Waals surface area contributed by atoms with E-state index < -0.39 is 0 Å². The molecule has 1 atom stereocenters. The van der Waals surface area contributed by atoms with Crippen LogP contribution >= 0.6 is 0 Å². The standard InChI is InChI=1S/C14H19N3O/c1-2-3-10-4-5-12-11(8-10)14(18)16-13-9-15-6-7-17(12)13/h4-5,8,13,15H,2-3,6-7,9H2,1H3,(H,16,18)/t13-/m0/s1. The third-order valence-electron chi connectivity index (χ3n) is 3.69. The Morgan fingerprint density at radius 2 is 2.33 bits per heavy atom. The Labute approximate surface area is 107 Å². The van der Waals surface area contributed by atoms with Crippen molar-refractivity contribution in [3.05, 3.63) is 29.3 Å². The summed E-state index contributed by atoms with van der Waals surface area (Å²) in [6.45, 7) is 4.90. The zero-order valence-corrected chi connectivity index (χ0v) is 10.7. The Morgan fingerprint density at radius 3 is 3.17 bits per heavy atom. The lowest BCUT2D eigenvalue weighted by molar-refractivity contribution is 0.0922. The number of anilines is 1. The summed E-state index contributed by atoms with van der Waals surface area (Å²) in [5.74, 6) is 0.0629. The molecule has 1 saturated heterocycles. The van der Waals surface area contributed by atoms with E-state index in [0.29, 0.717) is 0 Å². The second kappa shape index (κ2) is 4.61. The minimum Gasteiger partial charge on any atom is -0.348 e. The Kier molecular flexibility index (Phi) is 2.96. The molecular weight excluding hydrogens is 226 g/mol. The third-order valence-corrected chi connectivity index (χ3v) is 3.69. The SMILES string of the molecule is CCCc1ccc2c(c1)C(=O)N[C@@H]1CNCCN21. The van der Waals surface area contributed by atoms with Gasteiger partial charge < -0.3 is 15.5 Å². The molecule has 96 valence electrons. The van der Waals surface area contributed by atoms with E-state index in [9.17, 15) is 4.79 Å². The normalized spacial score (nSPS) is 22.2. The molecule has 0 saturated carbocycles. The number of fused-ring (bicyclic) bond motifs is 3. The van der Waals surface area contributed by atoms with E-state index in [0.717, 1.165) is 43.7 Å². The predicted octanol–water partition coefficient (Wildman–Crippen LogP) is 1.12. The molecule has 2 N–H and O–H groups in total. The second-order valence-corrected chi connectivity index (χ2v) is 4.99. The Morgan fingerprint density at radius 1 is 1.44 bits per heavy atom. The first-order valence-electron chi connectivity index (χ1n) is 6.70. The van der Waals surface area contributed by atoms with Gasteiger partial charge in [-0.15, -0.1) is 0 Å². The average Bonchev–Trinajstić information content (AvgIpc) is 2.40. The lowest BCUT2D eigenvalue weighted by Gasteiger charge is -2.42. The van der Waals surface area contributed by atoms with E-state index in [1.54, 1.807) is 0 Å². The lowest BCUT2D eigenvalue weighted by Crippen LogP contribution is -2.62. The largest absolute Gasteiger partial charge is 0.348 e. The van der Waals surface area contributed by atoms with Gasteiger partial charge in [-0.1, -0.05) is 19.4 Å². The smallest absolute Gasteiger partial charge is 0.255 e. The maximum absolute atomic E-state index is 12.1. The van der Waals surface area contributed by atoms with E-state index in [1.165, 1.54) is 5.56 Å². The molecule has 0 bridgehead atoms. The summed E-state index contributed by atoms with van der Waals surface area (Å²) in [7, 11) is 0. The van der Waals surface area contributed by atoms with Gasteiger partial charge >= 0.3 is 0 Å². The van der Waals surface area contributed by atoms with E-state index in [2.05, 4.69) is 34.6 Å². The van der Waals surface area contributed by atoms with Crippen LogP contribution in [0, 0.1) is 0 Å². The summed E-state index contributed by atoms with van der Waals surface area (Å²) < 4.78 is 0. The van der Waals surface area contributed by atoms with E-state index in [-0.39, 0.29) is 12.1 Å². The maximum atomic E-state index is 12.1. The van der Waals surface area contributed by atoms with Crippen LogP contribution in [0.15, 0.2) is 18.2 Å². The second-order valence-electron chi connectivity index (χ2n) is 4.99. The molecule has 2 aliphatic heterocycles. The minimum atomic E-state index is 0.0629. The van der Waals surface area contributed by atoms with Crippen molar-refractivity contribution in [1.29, 1.82) is 0 Å². The van der Waals surface area contributed by atoms with Crippen molar-refractivity contribution in [3.63, 3.8) is 0 Å². The summed E-state index contributed by atoms with van der Waals surface area (Å²) in [5, 5.41) is 6.38. The van der Waals surface area contributed by atoms with Gasteiger partial charge in [-0.05, 0) is 24.1 Å². The van der Waals surface area contributed by atoms with Crippen LogP contribution in [0.1, 0.15) is 29.3 Å². The molecule has 4 heteroatoms. The summed E-state index contributed by atoms with van der Waals surface area (Å²) in [6, 6.07) is 6.31. The van der Waals surface area contributed by atoms with Crippen LogP contribution in [-0.4, -0.2) is 31.7 Å².